The quantitative estimate of drug-likeness (QED) is 0.782. The second kappa shape index (κ2) is 5.53. The van der Waals surface area contributed by atoms with Crippen LogP contribution in [0.1, 0.15) is 19.8 Å². The van der Waals surface area contributed by atoms with Gasteiger partial charge in [-0.3, -0.25) is 4.90 Å². The van der Waals surface area contributed by atoms with E-state index in [4.69, 9.17) is 5.11 Å². The van der Waals surface area contributed by atoms with E-state index in [1.807, 2.05) is 0 Å². The molecular formula is C11H16F3NO2. The van der Waals surface area contributed by atoms with E-state index in [1.54, 1.807) is 4.90 Å². The number of hydrogen-bond acceptors (Lipinski definition) is 2. The molecule has 1 N–H and O–H groups in total. The van der Waals surface area contributed by atoms with E-state index < -0.39 is 18.1 Å². The highest BCUT2D eigenvalue weighted by Gasteiger charge is 2.41. The van der Waals surface area contributed by atoms with Crippen molar-refractivity contribution in [3.63, 3.8) is 0 Å². The zero-order valence-electron chi connectivity index (χ0n) is 9.63. The maximum absolute atomic E-state index is 12.5. The van der Waals surface area contributed by atoms with E-state index in [2.05, 4.69) is 0 Å². The predicted octanol–water partition coefficient (Wildman–Crippen LogP) is 2.29. The molecule has 1 rings (SSSR count). The number of piperidine rings is 1. The van der Waals surface area contributed by atoms with Crippen molar-refractivity contribution in [3.8, 4) is 0 Å². The van der Waals surface area contributed by atoms with Gasteiger partial charge in [-0.05, 0) is 26.3 Å². The summed E-state index contributed by atoms with van der Waals surface area (Å²) in [4.78, 5) is 12.2. The van der Waals surface area contributed by atoms with E-state index in [9.17, 15) is 18.0 Å². The summed E-state index contributed by atoms with van der Waals surface area (Å²) in [5.41, 5.74) is 0.166. The lowest BCUT2D eigenvalue weighted by atomic mass is 9.97. The zero-order valence-corrected chi connectivity index (χ0v) is 9.63. The van der Waals surface area contributed by atoms with Gasteiger partial charge in [0.05, 0.1) is 5.92 Å². The third-order valence-electron chi connectivity index (χ3n) is 2.96. The molecule has 1 saturated heterocycles. The van der Waals surface area contributed by atoms with Crippen LogP contribution in [0.4, 0.5) is 13.2 Å². The van der Waals surface area contributed by atoms with E-state index in [-0.39, 0.29) is 25.1 Å². The third-order valence-corrected chi connectivity index (χ3v) is 2.96. The molecule has 0 amide bonds. The first-order chi connectivity index (χ1) is 7.80. The highest BCUT2D eigenvalue weighted by molar-refractivity contribution is 5.85. The maximum atomic E-state index is 12.5. The van der Waals surface area contributed by atoms with Gasteiger partial charge >= 0.3 is 12.1 Å². The van der Waals surface area contributed by atoms with Crippen LogP contribution in [0.25, 0.3) is 0 Å². The van der Waals surface area contributed by atoms with Crippen LogP contribution in [0, 0.1) is 5.92 Å². The Hall–Kier alpha value is -1.04. The predicted molar refractivity (Wildman–Crippen MR) is 56.6 cm³/mol. The fourth-order valence-corrected chi connectivity index (χ4v) is 1.84. The molecule has 0 spiro atoms. The van der Waals surface area contributed by atoms with Crippen molar-refractivity contribution in [1.82, 2.24) is 4.90 Å². The first-order valence-electron chi connectivity index (χ1n) is 5.50. The lowest BCUT2D eigenvalue weighted by Gasteiger charge is -2.33. The molecule has 98 valence electrons. The Bertz CT molecular complexity index is 312. The van der Waals surface area contributed by atoms with Crippen molar-refractivity contribution in [3.05, 3.63) is 11.6 Å². The van der Waals surface area contributed by atoms with Crippen molar-refractivity contribution in [1.29, 1.82) is 0 Å². The number of carboxylic acid groups (broad SMARTS) is 1. The topological polar surface area (TPSA) is 40.5 Å². The third kappa shape index (κ3) is 4.38. The molecule has 1 aliphatic heterocycles. The molecule has 17 heavy (non-hydrogen) atoms. The second-order valence-corrected chi connectivity index (χ2v) is 4.33. The maximum Gasteiger partial charge on any atom is 0.393 e. The van der Waals surface area contributed by atoms with Gasteiger partial charge in [0, 0.05) is 18.7 Å². The first kappa shape index (κ1) is 14.0. The molecule has 0 aliphatic carbocycles. The minimum absolute atomic E-state index is 0.0348. The molecule has 0 aromatic rings. The number of alkyl halides is 3. The van der Waals surface area contributed by atoms with Gasteiger partial charge in [0.2, 0.25) is 0 Å². The first-order valence-corrected chi connectivity index (χ1v) is 5.50. The molecule has 1 atom stereocenters. The van der Waals surface area contributed by atoms with Crippen molar-refractivity contribution >= 4 is 5.97 Å². The van der Waals surface area contributed by atoms with E-state index in [1.165, 1.54) is 13.0 Å². The summed E-state index contributed by atoms with van der Waals surface area (Å²) in [6.45, 7) is 2.26. The van der Waals surface area contributed by atoms with Gasteiger partial charge in [0.15, 0.2) is 0 Å². The average molecular weight is 251 g/mol. The number of likely N-dealkylation sites (tertiary alicyclic amines) is 1. The summed E-state index contributed by atoms with van der Waals surface area (Å²) in [5.74, 6) is -2.32. The molecule has 0 radical (unpaired) electrons. The summed E-state index contributed by atoms with van der Waals surface area (Å²) in [6, 6.07) is 0. The number of aliphatic carboxylic acids is 1. The lowest BCUT2D eigenvalue weighted by molar-refractivity contribution is -0.186. The van der Waals surface area contributed by atoms with E-state index in [0.717, 1.165) is 0 Å². The van der Waals surface area contributed by atoms with Crippen LogP contribution < -0.4 is 0 Å². The molecule has 0 aromatic heterocycles. The fourth-order valence-electron chi connectivity index (χ4n) is 1.84. The van der Waals surface area contributed by atoms with E-state index in [0.29, 0.717) is 13.0 Å². The Labute approximate surface area is 97.9 Å². The average Bonchev–Trinajstić information content (AvgIpc) is 2.25. The van der Waals surface area contributed by atoms with Crippen LogP contribution in [0.3, 0.4) is 0 Å². The van der Waals surface area contributed by atoms with Gasteiger partial charge in [0.1, 0.15) is 0 Å². The van der Waals surface area contributed by atoms with Gasteiger partial charge in [-0.15, -0.1) is 0 Å². The minimum atomic E-state index is -4.15. The molecule has 0 aromatic carbocycles. The van der Waals surface area contributed by atoms with Gasteiger partial charge in [-0.25, -0.2) is 4.79 Å². The van der Waals surface area contributed by atoms with Gasteiger partial charge in [-0.1, -0.05) is 6.08 Å². The Morgan fingerprint density at radius 3 is 2.71 bits per heavy atom. The molecular weight excluding hydrogens is 235 g/mol. The highest BCUT2D eigenvalue weighted by Crippen LogP contribution is 2.32. The second-order valence-electron chi connectivity index (χ2n) is 4.33. The van der Waals surface area contributed by atoms with Crippen LogP contribution >= 0.6 is 0 Å². The van der Waals surface area contributed by atoms with Crippen LogP contribution in [0.2, 0.25) is 0 Å². The SMILES string of the molecule is CC(=CCN1CCCC(C(F)(F)F)C1)C(=O)O. The Morgan fingerprint density at radius 2 is 2.18 bits per heavy atom. The smallest absolute Gasteiger partial charge is 0.393 e. The summed E-state index contributed by atoms with van der Waals surface area (Å²) in [7, 11) is 0. The number of rotatable bonds is 3. The number of nitrogens with zero attached hydrogens (tertiary/aromatic N) is 1. The summed E-state index contributed by atoms with van der Waals surface area (Å²) in [5, 5.41) is 8.63. The van der Waals surface area contributed by atoms with Gasteiger partial charge < -0.3 is 5.11 Å². The highest BCUT2D eigenvalue weighted by atomic mass is 19.4. The number of halogens is 3. The standard InChI is InChI=1S/C11H16F3NO2/c1-8(10(16)17)4-6-15-5-2-3-9(7-15)11(12,13)14/h4,9H,2-3,5-7H2,1H3,(H,16,17). The lowest BCUT2D eigenvalue weighted by Crippen LogP contribution is -2.41. The van der Waals surface area contributed by atoms with Crippen molar-refractivity contribution in [2.24, 2.45) is 5.92 Å². The van der Waals surface area contributed by atoms with Gasteiger partial charge in [-0.2, -0.15) is 13.2 Å². The number of carboxylic acids is 1. The van der Waals surface area contributed by atoms with Crippen LogP contribution in [0.5, 0.6) is 0 Å². The molecule has 1 heterocycles. The molecule has 3 nitrogen and oxygen atoms in total. The Morgan fingerprint density at radius 1 is 1.53 bits per heavy atom. The molecule has 1 unspecified atom stereocenters. The Kier molecular flexibility index (Phi) is 4.56. The molecule has 1 aliphatic rings. The molecule has 6 heteroatoms. The van der Waals surface area contributed by atoms with E-state index >= 15 is 0 Å². The minimum Gasteiger partial charge on any atom is -0.478 e. The van der Waals surface area contributed by atoms with Crippen molar-refractivity contribution in [2.75, 3.05) is 19.6 Å². The molecule has 0 saturated carbocycles. The molecule has 0 bridgehead atoms. The Balaban J connectivity index is 2.51. The summed E-state index contributed by atoms with van der Waals surface area (Å²) >= 11 is 0. The van der Waals surface area contributed by atoms with Crippen molar-refractivity contribution in [2.45, 2.75) is 25.9 Å². The van der Waals surface area contributed by atoms with Crippen LogP contribution in [-0.2, 0) is 4.79 Å². The molecule has 1 fully saturated rings. The van der Waals surface area contributed by atoms with Crippen molar-refractivity contribution < 1.29 is 23.1 Å². The zero-order chi connectivity index (χ0) is 13.1. The number of hydrogen-bond donors (Lipinski definition) is 1. The monoisotopic (exact) mass is 251 g/mol. The van der Waals surface area contributed by atoms with Crippen LogP contribution in [0.15, 0.2) is 11.6 Å². The van der Waals surface area contributed by atoms with Gasteiger partial charge in [0.25, 0.3) is 0 Å². The normalized spacial score (nSPS) is 23.8. The fraction of sp³-hybridized carbons (Fsp3) is 0.727. The number of carbonyl (C=O) groups is 1. The van der Waals surface area contributed by atoms with Crippen LogP contribution in [-0.4, -0.2) is 41.8 Å². The largest absolute Gasteiger partial charge is 0.478 e. The summed E-state index contributed by atoms with van der Waals surface area (Å²) in [6.07, 6.45) is -2.02. The summed E-state index contributed by atoms with van der Waals surface area (Å²) < 4.78 is 37.5.